The van der Waals surface area contributed by atoms with Gasteiger partial charge in [0.25, 0.3) is 5.91 Å². The SMILES string of the molecule is COc1cccc(OC)c1C(=O)N(C)Cc1ncc[nH]1. The Balaban J connectivity index is 2.28. The van der Waals surface area contributed by atoms with Crippen LogP contribution in [0.1, 0.15) is 16.2 Å². The molecule has 0 unspecified atom stereocenters. The van der Waals surface area contributed by atoms with Gasteiger partial charge in [-0.15, -0.1) is 0 Å². The van der Waals surface area contributed by atoms with Gasteiger partial charge in [0.2, 0.25) is 0 Å². The fraction of sp³-hybridized carbons (Fsp3) is 0.286. The third-order valence-electron chi connectivity index (χ3n) is 2.93. The number of nitrogens with one attached hydrogen (secondary N) is 1. The van der Waals surface area contributed by atoms with Crippen molar-refractivity contribution in [1.82, 2.24) is 14.9 Å². The summed E-state index contributed by atoms with van der Waals surface area (Å²) >= 11 is 0. The van der Waals surface area contributed by atoms with Gasteiger partial charge in [0.15, 0.2) is 0 Å². The maximum atomic E-state index is 12.6. The average molecular weight is 275 g/mol. The van der Waals surface area contributed by atoms with E-state index < -0.39 is 0 Å². The lowest BCUT2D eigenvalue weighted by atomic mass is 10.1. The quantitative estimate of drug-likeness (QED) is 0.901. The topological polar surface area (TPSA) is 67.5 Å². The number of aromatic amines is 1. The molecule has 0 saturated heterocycles. The van der Waals surface area contributed by atoms with Crippen LogP contribution in [0.3, 0.4) is 0 Å². The monoisotopic (exact) mass is 275 g/mol. The Bertz CT molecular complexity index is 559. The molecule has 1 aromatic carbocycles. The lowest BCUT2D eigenvalue weighted by Gasteiger charge is -2.19. The molecule has 2 rings (SSSR count). The molecule has 1 amide bonds. The van der Waals surface area contributed by atoms with Crippen molar-refractivity contribution in [2.24, 2.45) is 0 Å². The Labute approximate surface area is 117 Å². The van der Waals surface area contributed by atoms with Crippen LogP contribution in [0, 0.1) is 0 Å². The van der Waals surface area contributed by atoms with Crippen molar-refractivity contribution in [1.29, 1.82) is 0 Å². The minimum Gasteiger partial charge on any atom is -0.496 e. The van der Waals surface area contributed by atoms with Crippen LogP contribution in [0.15, 0.2) is 30.6 Å². The normalized spacial score (nSPS) is 10.2. The number of hydrogen-bond donors (Lipinski definition) is 1. The number of H-pyrrole nitrogens is 1. The van der Waals surface area contributed by atoms with E-state index in [1.54, 1.807) is 42.5 Å². The van der Waals surface area contributed by atoms with Gasteiger partial charge in [-0.3, -0.25) is 4.79 Å². The highest BCUT2D eigenvalue weighted by molar-refractivity contribution is 5.99. The zero-order chi connectivity index (χ0) is 14.5. The first-order chi connectivity index (χ1) is 9.67. The number of amides is 1. The van der Waals surface area contributed by atoms with Crippen LogP contribution >= 0.6 is 0 Å². The molecule has 0 atom stereocenters. The Morgan fingerprint density at radius 2 is 1.95 bits per heavy atom. The molecule has 2 aromatic rings. The van der Waals surface area contributed by atoms with Crippen molar-refractivity contribution in [3.8, 4) is 11.5 Å². The maximum absolute atomic E-state index is 12.6. The van der Waals surface area contributed by atoms with Crippen molar-refractivity contribution < 1.29 is 14.3 Å². The van der Waals surface area contributed by atoms with Crippen LogP contribution in [-0.2, 0) is 6.54 Å². The number of carbonyl (C=O) groups is 1. The minimum atomic E-state index is -0.185. The molecule has 0 aliphatic heterocycles. The van der Waals surface area contributed by atoms with E-state index in [0.29, 0.717) is 23.6 Å². The van der Waals surface area contributed by atoms with Gasteiger partial charge in [-0.2, -0.15) is 0 Å². The molecule has 6 heteroatoms. The van der Waals surface area contributed by atoms with E-state index in [0.717, 1.165) is 5.82 Å². The van der Waals surface area contributed by atoms with E-state index in [1.807, 2.05) is 0 Å². The first-order valence-electron chi connectivity index (χ1n) is 6.12. The standard InChI is InChI=1S/C14H17N3O3/c1-17(9-12-15-7-8-16-12)14(18)13-10(19-2)5-4-6-11(13)20-3/h4-8H,9H2,1-3H3,(H,15,16). The Morgan fingerprint density at radius 3 is 2.45 bits per heavy atom. The maximum Gasteiger partial charge on any atom is 0.261 e. The molecule has 6 nitrogen and oxygen atoms in total. The molecule has 1 aromatic heterocycles. The molecule has 106 valence electrons. The largest absolute Gasteiger partial charge is 0.496 e. The summed E-state index contributed by atoms with van der Waals surface area (Å²) < 4.78 is 10.5. The molecular formula is C14H17N3O3. The van der Waals surface area contributed by atoms with Crippen LogP contribution < -0.4 is 9.47 Å². The molecule has 1 N–H and O–H groups in total. The Kier molecular flexibility index (Phi) is 4.24. The van der Waals surface area contributed by atoms with Crippen LogP contribution in [0.2, 0.25) is 0 Å². The highest BCUT2D eigenvalue weighted by Gasteiger charge is 2.22. The first-order valence-corrected chi connectivity index (χ1v) is 6.12. The highest BCUT2D eigenvalue weighted by atomic mass is 16.5. The molecule has 0 spiro atoms. The van der Waals surface area contributed by atoms with Crippen LogP contribution in [0.5, 0.6) is 11.5 Å². The summed E-state index contributed by atoms with van der Waals surface area (Å²) in [6, 6.07) is 5.24. The number of methoxy groups -OCH3 is 2. The van der Waals surface area contributed by atoms with Crippen molar-refractivity contribution >= 4 is 5.91 Å². The van der Waals surface area contributed by atoms with E-state index >= 15 is 0 Å². The number of ether oxygens (including phenoxy) is 2. The first kappa shape index (κ1) is 13.9. The fourth-order valence-corrected chi connectivity index (χ4v) is 1.93. The minimum absolute atomic E-state index is 0.185. The van der Waals surface area contributed by atoms with Gasteiger partial charge >= 0.3 is 0 Å². The van der Waals surface area contributed by atoms with Gasteiger partial charge < -0.3 is 19.4 Å². The van der Waals surface area contributed by atoms with Crippen LogP contribution in [0.4, 0.5) is 0 Å². The molecule has 0 fully saturated rings. The van der Waals surface area contributed by atoms with Gasteiger partial charge in [-0.05, 0) is 12.1 Å². The number of nitrogens with zero attached hydrogens (tertiary/aromatic N) is 2. The van der Waals surface area contributed by atoms with E-state index in [2.05, 4.69) is 9.97 Å². The van der Waals surface area contributed by atoms with E-state index in [4.69, 9.17) is 9.47 Å². The van der Waals surface area contributed by atoms with Crippen molar-refractivity contribution in [3.63, 3.8) is 0 Å². The molecule has 0 radical (unpaired) electrons. The van der Waals surface area contributed by atoms with Crippen molar-refractivity contribution in [2.45, 2.75) is 6.54 Å². The van der Waals surface area contributed by atoms with Crippen LogP contribution in [0.25, 0.3) is 0 Å². The zero-order valence-corrected chi connectivity index (χ0v) is 11.7. The van der Waals surface area contributed by atoms with Gasteiger partial charge in [0.05, 0.1) is 20.8 Å². The van der Waals surface area contributed by atoms with Gasteiger partial charge in [-0.25, -0.2) is 4.98 Å². The molecular weight excluding hydrogens is 258 g/mol. The number of imidazole rings is 1. The second kappa shape index (κ2) is 6.10. The molecule has 0 aliphatic rings. The van der Waals surface area contributed by atoms with Gasteiger partial charge in [0.1, 0.15) is 22.9 Å². The number of aromatic nitrogens is 2. The summed E-state index contributed by atoms with van der Waals surface area (Å²) in [5.74, 6) is 1.51. The number of carbonyl (C=O) groups excluding carboxylic acids is 1. The third kappa shape index (κ3) is 2.74. The highest BCUT2D eigenvalue weighted by Crippen LogP contribution is 2.29. The number of benzene rings is 1. The van der Waals surface area contributed by atoms with Crippen LogP contribution in [-0.4, -0.2) is 42.0 Å². The van der Waals surface area contributed by atoms with Gasteiger partial charge in [0, 0.05) is 19.4 Å². The number of hydrogen-bond acceptors (Lipinski definition) is 4. The van der Waals surface area contributed by atoms with E-state index in [1.165, 1.54) is 14.2 Å². The predicted octanol–water partition coefficient (Wildman–Crippen LogP) is 1.70. The second-order valence-corrected chi connectivity index (χ2v) is 4.23. The average Bonchev–Trinajstić information content (AvgIpc) is 2.98. The second-order valence-electron chi connectivity index (χ2n) is 4.23. The lowest BCUT2D eigenvalue weighted by Crippen LogP contribution is -2.27. The summed E-state index contributed by atoms with van der Waals surface area (Å²) in [5, 5.41) is 0. The van der Waals surface area contributed by atoms with E-state index in [9.17, 15) is 4.79 Å². The molecule has 0 bridgehead atoms. The van der Waals surface area contributed by atoms with Gasteiger partial charge in [-0.1, -0.05) is 6.07 Å². The summed E-state index contributed by atoms with van der Waals surface area (Å²) in [7, 11) is 4.76. The summed E-state index contributed by atoms with van der Waals surface area (Å²) in [6.45, 7) is 0.382. The van der Waals surface area contributed by atoms with Crippen molar-refractivity contribution in [2.75, 3.05) is 21.3 Å². The zero-order valence-electron chi connectivity index (χ0n) is 11.7. The molecule has 1 heterocycles. The number of rotatable bonds is 5. The molecule has 20 heavy (non-hydrogen) atoms. The predicted molar refractivity (Wildman–Crippen MR) is 73.9 cm³/mol. The molecule has 0 aliphatic carbocycles. The third-order valence-corrected chi connectivity index (χ3v) is 2.93. The van der Waals surface area contributed by atoms with Crippen molar-refractivity contribution in [3.05, 3.63) is 42.0 Å². The summed E-state index contributed by atoms with van der Waals surface area (Å²) in [4.78, 5) is 21.2. The smallest absolute Gasteiger partial charge is 0.261 e. The van der Waals surface area contributed by atoms with E-state index in [-0.39, 0.29) is 5.91 Å². The lowest BCUT2D eigenvalue weighted by molar-refractivity contribution is 0.0775. The summed E-state index contributed by atoms with van der Waals surface area (Å²) in [6.07, 6.45) is 3.37. The summed E-state index contributed by atoms with van der Waals surface area (Å²) in [5.41, 5.74) is 0.409. The fourth-order valence-electron chi connectivity index (χ4n) is 1.93. The Hall–Kier alpha value is -2.50. The Morgan fingerprint density at radius 1 is 1.30 bits per heavy atom. The molecule has 0 saturated carbocycles.